The Labute approximate surface area is 118 Å². The van der Waals surface area contributed by atoms with Gasteiger partial charge >= 0.3 is 5.56 Å². The van der Waals surface area contributed by atoms with Crippen LogP contribution in [0, 0.1) is 6.92 Å². The van der Waals surface area contributed by atoms with E-state index in [9.17, 15) is 4.79 Å². The third kappa shape index (κ3) is 2.88. The molecule has 6 nitrogen and oxygen atoms in total. The molecule has 2 aromatic rings. The fourth-order valence-corrected chi connectivity index (χ4v) is 1.77. The Bertz CT molecular complexity index is 718. The maximum Gasteiger partial charge on any atom is 0.301 e. The minimum Gasteiger partial charge on any atom is -0.374 e. The highest BCUT2D eigenvalue weighted by atomic mass is 35.5. The van der Waals surface area contributed by atoms with E-state index in [2.05, 4.69) is 15.3 Å². The molecule has 0 saturated carbocycles. The summed E-state index contributed by atoms with van der Waals surface area (Å²) < 4.78 is 1.04. The largest absolute Gasteiger partial charge is 0.374 e. The van der Waals surface area contributed by atoms with Crippen molar-refractivity contribution in [2.24, 2.45) is 16.0 Å². The molecule has 0 atom stereocenters. The van der Waals surface area contributed by atoms with E-state index in [1.807, 2.05) is 0 Å². The second-order valence-electron chi connectivity index (χ2n) is 3.74. The van der Waals surface area contributed by atoms with Gasteiger partial charge in [-0.15, -0.1) is 5.11 Å². The third-order valence-corrected chi connectivity index (χ3v) is 2.75. The lowest BCUT2D eigenvalue weighted by atomic mass is 10.3. The van der Waals surface area contributed by atoms with Crippen molar-refractivity contribution in [3.05, 3.63) is 45.3 Å². The summed E-state index contributed by atoms with van der Waals surface area (Å²) in [5.74, 6) is 0. The van der Waals surface area contributed by atoms with Crippen LogP contribution in [0.3, 0.4) is 0 Å². The molecule has 0 amide bonds. The van der Waals surface area contributed by atoms with Gasteiger partial charge in [0.15, 0.2) is 10.8 Å². The normalized spacial score (nSPS) is 11.1. The number of hydrogen-bond donors (Lipinski definition) is 2. The van der Waals surface area contributed by atoms with Gasteiger partial charge in [0.2, 0.25) is 0 Å². The summed E-state index contributed by atoms with van der Waals surface area (Å²) in [7, 11) is 0. The predicted molar refractivity (Wildman–Crippen MR) is 77.6 cm³/mol. The number of H-pyrrole nitrogens is 1. The molecule has 19 heavy (non-hydrogen) atoms. The van der Waals surface area contributed by atoms with Gasteiger partial charge in [-0.2, -0.15) is 9.80 Å². The number of benzene rings is 1. The molecule has 0 spiro atoms. The van der Waals surface area contributed by atoms with E-state index in [1.54, 1.807) is 31.2 Å². The maximum atomic E-state index is 11.9. The van der Waals surface area contributed by atoms with Gasteiger partial charge in [0, 0.05) is 5.02 Å². The molecule has 0 saturated heterocycles. The average molecular weight is 296 g/mol. The molecular weight excluding hydrogens is 286 g/mol. The monoisotopic (exact) mass is 295 g/mol. The highest BCUT2D eigenvalue weighted by molar-refractivity contribution is 7.80. The van der Waals surface area contributed by atoms with E-state index in [-0.39, 0.29) is 10.8 Å². The zero-order valence-corrected chi connectivity index (χ0v) is 11.5. The molecule has 1 aromatic carbocycles. The van der Waals surface area contributed by atoms with Gasteiger partial charge in [0.25, 0.3) is 0 Å². The molecule has 98 valence electrons. The van der Waals surface area contributed by atoms with Crippen molar-refractivity contribution in [1.29, 1.82) is 0 Å². The Kier molecular flexibility index (Phi) is 3.77. The third-order valence-electron chi connectivity index (χ3n) is 2.33. The van der Waals surface area contributed by atoms with E-state index in [1.165, 1.54) is 0 Å². The van der Waals surface area contributed by atoms with Crippen LogP contribution in [0.4, 0.5) is 11.4 Å². The molecule has 0 radical (unpaired) electrons. The quantitative estimate of drug-likeness (QED) is 0.659. The Hall–Kier alpha value is -1.99. The number of nitrogens with two attached hydrogens (primary N) is 1. The first kappa shape index (κ1) is 13.4. The van der Waals surface area contributed by atoms with Crippen LogP contribution in [0.5, 0.6) is 0 Å². The van der Waals surface area contributed by atoms with Crippen molar-refractivity contribution in [3.63, 3.8) is 0 Å². The predicted octanol–water partition coefficient (Wildman–Crippen LogP) is 2.65. The first-order chi connectivity index (χ1) is 8.99. The van der Waals surface area contributed by atoms with Crippen LogP contribution in [0.15, 0.2) is 39.3 Å². The first-order valence-corrected chi connectivity index (χ1v) is 6.06. The fourth-order valence-electron chi connectivity index (χ4n) is 1.46. The molecule has 0 aliphatic heterocycles. The molecule has 1 heterocycles. The number of hydrogen-bond acceptors (Lipinski definition) is 4. The lowest BCUT2D eigenvalue weighted by molar-refractivity contribution is 0.889. The van der Waals surface area contributed by atoms with Gasteiger partial charge in [-0.25, -0.2) is 0 Å². The van der Waals surface area contributed by atoms with E-state index in [0.717, 1.165) is 4.68 Å². The van der Waals surface area contributed by atoms with Gasteiger partial charge < -0.3 is 5.73 Å². The summed E-state index contributed by atoms with van der Waals surface area (Å²) in [5.41, 5.74) is 6.20. The average Bonchev–Trinajstić information content (AvgIpc) is 2.63. The van der Waals surface area contributed by atoms with E-state index in [0.29, 0.717) is 16.4 Å². The fraction of sp³-hybridized carbons (Fsp3) is 0.0909. The zero-order chi connectivity index (χ0) is 14.0. The highest BCUT2D eigenvalue weighted by Crippen LogP contribution is 2.20. The second kappa shape index (κ2) is 5.33. The number of nitrogens with one attached hydrogen (secondary N) is 1. The molecule has 8 heteroatoms. The Morgan fingerprint density at radius 3 is 2.79 bits per heavy atom. The van der Waals surface area contributed by atoms with Gasteiger partial charge in [-0.1, -0.05) is 17.7 Å². The van der Waals surface area contributed by atoms with E-state index >= 15 is 0 Å². The molecular formula is C11H10ClN5OS. The summed E-state index contributed by atoms with van der Waals surface area (Å²) in [6, 6.07) is 6.83. The summed E-state index contributed by atoms with van der Waals surface area (Å²) >= 11 is 10.6. The van der Waals surface area contributed by atoms with E-state index in [4.69, 9.17) is 29.6 Å². The van der Waals surface area contributed by atoms with Crippen molar-refractivity contribution >= 4 is 40.3 Å². The number of nitrogens with zero attached hydrogens (tertiary/aromatic N) is 3. The number of aromatic amines is 1. The van der Waals surface area contributed by atoms with Gasteiger partial charge in [0.1, 0.15) is 0 Å². The van der Waals surface area contributed by atoms with E-state index < -0.39 is 5.56 Å². The number of aryl methyl sites for hydroxylation is 1. The number of rotatable bonds is 2. The second-order valence-corrected chi connectivity index (χ2v) is 4.60. The molecule has 0 fully saturated rings. The topological polar surface area (TPSA) is 88.5 Å². The molecule has 0 aliphatic carbocycles. The van der Waals surface area contributed by atoms with Crippen LogP contribution >= 0.6 is 23.8 Å². The smallest absolute Gasteiger partial charge is 0.301 e. The van der Waals surface area contributed by atoms with Crippen LogP contribution < -0.4 is 11.3 Å². The van der Waals surface area contributed by atoms with Gasteiger partial charge in [-0.05, 0) is 37.3 Å². The molecule has 0 bridgehead atoms. The number of aromatic nitrogens is 2. The van der Waals surface area contributed by atoms with Crippen molar-refractivity contribution in [1.82, 2.24) is 9.78 Å². The van der Waals surface area contributed by atoms with Crippen LogP contribution in [-0.4, -0.2) is 14.9 Å². The standard InChI is InChI=1S/C11H10ClN5OS/c1-6-9(10(18)17(16-6)11(13)19)15-14-8-4-2-3-7(12)5-8/h2-5,16H,1H3,(H2,13,19). The van der Waals surface area contributed by atoms with Crippen LogP contribution in [0.2, 0.25) is 5.02 Å². The van der Waals surface area contributed by atoms with Gasteiger partial charge in [-0.3, -0.25) is 9.89 Å². The van der Waals surface area contributed by atoms with Crippen LogP contribution in [0.1, 0.15) is 5.69 Å². The maximum absolute atomic E-state index is 11.9. The van der Waals surface area contributed by atoms with Crippen molar-refractivity contribution in [2.75, 3.05) is 0 Å². The van der Waals surface area contributed by atoms with Crippen molar-refractivity contribution in [2.45, 2.75) is 6.92 Å². The van der Waals surface area contributed by atoms with Crippen molar-refractivity contribution < 1.29 is 0 Å². The summed E-state index contributed by atoms with van der Waals surface area (Å²) in [6.45, 7) is 1.68. The molecule has 0 unspecified atom stereocenters. The lowest BCUT2D eigenvalue weighted by Gasteiger charge is -1.93. The zero-order valence-electron chi connectivity index (χ0n) is 9.92. The first-order valence-electron chi connectivity index (χ1n) is 5.28. The highest BCUT2D eigenvalue weighted by Gasteiger charge is 2.11. The van der Waals surface area contributed by atoms with Crippen LogP contribution in [0.25, 0.3) is 0 Å². The SMILES string of the molecule is Cc1[nH]n(C(N)=S)c(=O)c1N=Nc1cccc(Cl)c1. The molecule has 1 aromatic heterocycles. The summed E-state index contributed by atoms with van der Waals surface area (Å²) in [6.07, 6.45) is 0. The summed E-state index contributed by atoms with van der Waals surface area (Å²) in [5, 5.41) is 11.1. The number of azo groups is 1. The van der Waals surface area contributed by atoms with Gasteiger partial charge in [0.05, 0.1) is 11.4 Å². The molecule has 3 N–H and O–H groups in total. The number of halogens is 1. The lowest BCUT2D eigenvalue weighted by Crippen LogP contribution is -2.29. The Morgan fingerprint density at radius 2 is 2.21 bits per heavy atom. The molecule has 0 aliphatic rings. The number of thiocarbonyl (C=S) groups is 1. The van der Waals surface area contributed by atoms with Crippen LogP contribution in [-0.2, 0) is 0 Å². The Balaban J connectivity index is 2.39. The molecule has 2 rings (SSSR count). The van der Waals surface area contributed by atoms with Crippen molar-refractivity contribution in [3.8, 4) is 0 Å². The minimum absolute atomic E-state index is 0.0719. The summed E-state index contributed by atoms with van der Waals surface area (Å²) in [4.78, 5) is 11.9. The Morgan fingerprint density at radius 1 is 1.47 bits per heavy atom. The minimum atomic E-state index is -0.434.